The van der Waals surface area contributed by atoms with Gasteiger partial charge < -0.3 is 15.0 Å². The van der Waals surface area contributed by atoms with E-state index in [1.54, 1.807) is 26.5 Å². The predicted octanol–water partition coefficient (Wildman–Crippen LogP) is 3.66. The van der Waals surface area contributed by atoms with Gasteiger partial charge >= 0.3 is 0 Å². The van der Waals surface area contributed by atoms with Gasteiger partial charge in [-0.05, 0) is 74.5 Å². The topological polar surface area (TPSA) is 110 Å². The normalized spacial score (nSPS) is 20.1. The van der Waals surface area contributed by atoms with Gasteiger partial charge in [0.1, 0.15) is 5.39 Å². The van der Waals surface area contributed by atoms with Crippen molar-refractivity contribution >= 4 is 34.4 Å². The third-order valence-electron chi connectivity index (χ3n) is 8.87. The average molecular weight is 565 g/mol. The lowest BCUT2D eigenvalue weighted by molar-refractivity contribution is -0.121. The number of nitrogens with zero attached hydrogens (tertiary/aromatic N) is 7. The number of ether oxygens (including phenoxy) is 1. The molecule has 8 rings (SSSR count). The Hall–Kier alpha value is -4.51. The average Bonchev–Trinajstić information content (AvgIpc) is 3.68. The maximum absolute atomic E-state index is 13.6. The van der Waals surface area contributed by atoms with Crippen molar-refractivity contribution in [3.63, 3.8) is 0 Å². The number of rotatable bonds is 2. The Morgan fingerprint density at radius 2 is 1.95 bits per heavy atom. The summed E-state index contributed by atoms with van der Waals surface area (Å²) in [6.07, 6.45) is 10.8. The molecule has 0 atom stereocenters. The van der Waals surface area contributed by atoms with E-state index in [4.69, 9.17) is 14.7 Å². The molecule has 1 amide bonds. The Morgan fingerprint density at radius 3 is 2.83 bits per heavy atom. The van der Waals surface area contributed by atoms with Crippen LogP contribution in [0.2, 0.25) is 0 Å². The van der Waals surface area contributed by atoms with Crippen LogP contribution in [0.5, 0.6) is 5.75 Å². The van der Waals surface area contributed by atoms with Gasteiger partial charge in [0, 0.05) is 36.9 Å². The van der Waals surface area contributed by atoms with Crippen LogP contribution < -0.4 is 20.5 Å². The zero-order valence-corrected chi connectivity index (χ0v) is 23.5. The van der Waals surface area contributed by atoms with Crippen LogP contribution in [-0.2, 0) is 23.3 Å². The summed E-state index contributed by atoms with van der Waals surface area (Å²) in [4.78, 5) is 44.7. The Labute approximate surface area is 242 Å². The second-order valence-corrected chi connectivity index (χ2v) is 11.9. The van der Waals surface area contributed by atoms with Gasteiger partial charge in [0.05, 0.1) is 6.54 Å². The highest BCUT2D eigenvalue weighted by molar-refractivity contribution is 5.96. The van der Waals surface area contributed by atoms with Crippen molar-refractivity contribution in [2.24, 2.45) is 0 Å². The SMILES string of the molecule is CN1Cc2cc(Nc3ncc4c(=O)n5n(c4n3)-c3ccc4c(n3)N(CCCC/C=C\C5)C(=O)CO4)ccc2C2(CC2)C1. The Morgan fingerprint density at radius 1 is 1.05 bits per heavy atom. The molecule has 0 radical (unpaired) electrons. The molecule has 3 aliphatic heterocycles. The van der Waals surface area contributed by atoms with E-state index in [-0.39, 0.29) is 18.1 Å². The third kappa shape index (κ3) is 4.10. The fraction of sp³-hybridized carbons (Fsp3) is 0.387. The molecule has 1 N–H and O–H groups in total. The van der Waals surface area contributed by atoms with Gasteiger partial charge in [0.2, 0.25) is 5.95 Å². The second kappa shape index (κ2) is 9.52. The van der Waals surface area contributed by atoms with E-state index in [1.807, 2.05) is 12.1 Å². The van der Waals surface area contributed by atoms with Crippen molar-refractivity contribution < 1.29 is 9.53 Å². The summed E-state index contributed by atoms with van der Waals surface area (Å²) in [5.41, 5.74) is 4.26. The molecule has 1 aromatic carbocycles. The van der Waals surface area contributed by atoms with Crippen molar-refractivity contribution in [1.29, 1.82) is 0 Å². The van der Waals surface area contributed by atoms with Crippen molar-refractivity contribution in [3.05, 3.63) is 70.2 Å². The van der Waals surface area contributed by atoms with Gasteiger partial charge in [0.15, 0.2) is 29.6 Å². The van der Waals surface area contributed by atoms with Crippen LogP contribution in [0.3, 0.4) is 0 Å². The minimum atomic E-state index is -0.202. The number of carbonyl (C=O) groups is 1. The minimum Gasteiger partial charge on any atom is -0.480 e. The van der Waals surface area contributed by atoms with Crippen molar-refractivity contribution in [2.45, 2.75) is 50.6 Å². The van der Waals surface area contributed by atoms with Gasteiger partial charge in [-0.15, -0.1) is 0 Å². The van der Waals surface area contributed by atoms with Crippen molar-refractivity contribution in [1.82, 2.24) is 29.2 Å². The highest BCUT2D eigenvalue weighted by Gasteiger charge is 2.48. The molecule has 1 aliphatic carbocycles. The predicted molar refractivity (Wildman–Crippen MR) is 159 cm³/mol. The summed E-state index contributed by atoms with van der Waals surface area (Å²) in [7, 11) is 2.18. The Balaban J connectivity index is 1.23. The Kier molecular flexibility index (Phi) is 5.72. The second-order valence-electron chi connectivity index (χ2n) is 11.9. The summed E-state index contributed by atoms with van der Waals surface area (Å²) in [6.45, 7) is 2.94. The number of allylic oxidation sites excluding steroid dienone is 2. The number of likely N-dealkylation sites (N-methyl/N-ethyl adjacent to an activating group) is 1. The van der Waals surface area contributed by atoms with Gasteiger partial charge in [-0.25, -0.2) is 19.3 Å². The molecule has 0 unspecified atom stereocenters. The maximum Gasteiger partial charge on any atom is 0.278 e. The van der Waals surface area contributed by atoms with Crippen molar-refractivity contribution in [3.8, 4) is 11.6 Å². The monoisotopic (exact) mass is 564 g/mol. The highest BCUT2D eigenvalue weighted by atomic mass is 16.5. The number of anilines is 3. The van der Waals surface area contributed by atoms with Gasteiger partial charge in [0.25, 0.3) is 11.5 Å². The highest BCUT2D eigenvalue weighted by Crippen LogP contribution is 2.52. The molecular formula is C31H32N8O3. The van der Waals surface area contributed by atoms with E-state index >= 15 is 0 Å². The standard InChI is InChI=1S/C31H32N8O3/c1-36-17-20-15-21(7-8-23(20)31(19-36)11-12-31)33-30-32-16-22-27(35-30)39-25-10-9-24-28(34-25)37(26(40)18-42-24)13-5-3-2-4-6-14-38(39)29(22)41/h4,6-10,15-16H,2-3,5,11-14,17-19H2,1H3,(H,32,33,35)/b6-4-. The van der Waals surface area contributed by atoms with Crippen LogP contribution in [0.25, 0.3) is 16.9 Å². The number of pyridine rings is 1. The molecule has 42 heavy (non-hydrogen) atoms. The number of carbonyl (C=O) groups excluding carboxylic acids is 1. The number of amides is 1. The summed E-state index contributed by atoms with van der Waals surface area (Å²) in [5, 5.41) is 3.77. The summed E-state index contributed by atoms with van der Waals surface area (Å²) >= 11 is 0. The van der Waals surface area contributed by atoms with E-state index in [0.29, 0.717) is 52.9 Å². The molecule has 1 fully saturated rings. The van der Waals surface area contributed by atoms with E-state index in [9.17, 15) is 9.59 Å². The lowest BCUT2D eigenvalue weighted by atomic mass is 9.87. The van der Waals surface area contributed by atoms with Gasteiger partial charge in [-0.3, -0.25) is 14.5 Å². The third-order valence-corrected chi connectivity index (χ3v) is 8.87. The first-order chi connectivity index (χ1) is 20.5. The first kappa shape index (κ1) is 25.2. The van der Waals surface area contributed by atoms with Crippen LogP contribution in [0.15, 0.2) is 53.5 Å². The number of aromatic nitrogens is 5. The first-order valence-corrected chi connectivity index (χ1v) is 14.7. The molecule has 4 aromatic rings. The molecule has 0 saturated heterocycles. The summed E-state index contributed by atoms with van der Waals surface area (Å²) < 4.78 is 9.03. The molecule has 11 heteroatoms. The Bertz CT molecular complexity index is 1840. The molecule has 6 heterocycles. The van der Waals surface area contributed by atoms with Crippen LogP contribution in [-0.4, -0.2) is 61.9 Å². The van der Waals surface area contributed by atoms with E-state index < -0.39 is 0 Å². The van der Waals surface area contributed by atoms with Crippen LogP contribution in [0.1, 0.15) is 43.2 Å². The lowest BCUT2D eigenvalue weighted by Crippen LogP contribution is -2.40. The summed E-state index contributed by atoms with van der Waals surface area (Å²) in [5.74, 6) is 1.78. The van der Waals surface area contributed by atoms with Crippen LogP contribution in [0.4, 0.5) is 17.5 Å². The molecule has 1 saturated carbocycles. The zero-order chi connectivity index (χ0) is 28.4. The zero-order valence-electron chi connectivity index (χ0n) is 23.5. The lowest BCUT2D eigenvalue weighted by Gasteiger charge is -2.32. The van der Waals surface area contributed by atoms with Gasteiger partial charge in [-0.2, -0.15) is 4.98 Å². The molecule has 2 bridgehead atoms. The maximum atomic E-state index is 13.6. The molecule has 3 aromatic heterocycles. The smallest absolute Gasteiger partial charge is 0.278 e. The number of nitrogens with one attached hydrogen (secondary N) is 1. The van der Waals surface area contributed by atoms with Gasteiger partial charge in [-0.1, -0.05) is 18.2 Å². The fourth-order valence-electron chi connectivity index (χ4n) is 6.70. The molecular weight excluding hydrogens is 532 g/mol. The van der Waals surface area contributed by atoms with Crippen LogP contribution >= 0.6 is 0 Å². The van der Waals surface area contributed by atoms with Crippen LogP contribution in [0, 0.1) is 0 Å². The van der Waals surface area contributed by atoms with E-state index in [0.717, 1.165) is 38.0 Å². The number of hydrogen-bond donors (Lipinski definition) is 1. The number of hydrogen-bond acceptors (Lipinski definition) is 8. The summed E-state index contributed by atoms with van der Waals surface area (Å²) in [6, 6.07) is 10.1. The van der Waals surface area contributed by atoms with E-state index in [2.05, 4.69) is 46.5 Å². The number of benzene rings is 1. The quantitative estimate of drug-likeness (QED) is 0.368. The van der Waals surface area contributed by atoms with Crippen molar-refractivity contribution in [2.75, 3.05) is 37.0 Å². The minimum absolute atomic E-state index is 0.00664. The fourth-order valence-corrected chi connectivity index (χ4v) is 6.70. The number of fused-ring (bicyclic) bond motifs is 7. The first-order valence-electron chi connectivity index (χ1n) is 14.7. The molecule has 214 valence electrons. The largest absolute Gasteiger partial charge is 0.480 e. The molecule has 4 aliphatic rings. The molecule has 1 spiro atoms. The molecule has 11 nitrogen and oxygen atoms in total. The van der Waals surface area contributed by atoms with E-state index in [1.165, 1.54) is 24.0 Å².